The molecule has 6 heteroatoms. The van der Waals surface area contributed by atoms with E-state index in [4.69, 9.17) is 16.3 Å². The van der Waals surface area contributed by atoms with Crippen LogP contribution in [0.1, 0.15) is 5.56 Å². The van der Waals surface area contributed by atoms with Crippen LogP contribution in [0.5, 0.6) is 11.6 Å². The average molecular weight is 251 g/mol. The molecule has 17 heavy (non-hydrogen) atoms. The summed E-state index contributed by atoms with van der Waals surface area (Å²) < 4.78 is 5.59. The maximum Gasteiger partial charge on any atom is 0.227 e. The van der Waals surface area contributed by atoms with Crippen molar-refractivity contribution in [2.75, 3.05) is 12.4 Å². The summed E-state index contributed by atoms with van der Waals surface area (Å²) in [5.74, 6) is 1.75. The number of nitrogens with one attached hydrogen (secondary N) is 1. The molecule has 0 aromatic carbocycles. The Bertz CT molecular complexity index is 533. The molecule has 0 saturated carbocycles. The van der Waals surface area contributed by atoms with E-state index in [1.807, 2.05) is 6.92 Å². The van der Waals surface area contributed by atoms with Gasteiger partial charge < -0.3 is 10.1 Å². The molecule has 0 aliphatic carbocycles. The minimum Gasteiger partial charge on any atom is -0.437 e. The van der Waals surface area contributed by atoms with Crippen LogP contribution in [0.2, 0.25) is 5.02 Å². The smallest absolute Gasteiger partial charge is 0.227 e. The average Bonchev–Trinajstić information content (AvgIpc) is 2.32. The summed E-state index contributed by atoms with van der Waals surface area (Å²) >= 11 is 5.82. The summed E-state index contributed by atoms with van der Waals surface area (Å²) in [5, 5.41) is 3.48. The number of aromatic nitrogens is 3. The topological polar surface area (TPSA) is 59.9 Å². The molecule has 0 bridgehead atoms. The van der Waals surface area contributed by atoms with Crippen LogP contribution in [0.4, 0.5) is 5.82 Å². The Labute approximate surface area is 104 Å². The van der Waals surface area contributed by atoms with Crippen LogP contribution in [0.25, 0.3) is 0 Å². The van der Waals surface area contributed by atoms with Crippen molar-refractivity contribution in [3.63, 3.8) is 0 Å². The van der Waals surface area contributed by atoms with Gasteiger partial charge in [0.25, 0.3) is 0 Å². The second kappa shape index (κ2) is 4.97. The SMILES string of the molecule is CNc1ncnc(Oc2cncc(Cl)c2)c1C. The van der Waals surface area contributed by atoms with Gasteiger partial charge in [-0.15, -0.1) is 0 Å². The first kappa shape index (κ1) is 11.6. The van der Waals surface area contributed by atoms with E-state index in [0.29, 0.717) is 16.7 Å². The van der Waals surface area contributed by atoms with E-state index < -0.39 is 0 Å². The van der Waals surface area contributed by atoms with Gasteiger partial charge in [-0.2, -0.15) is 0 Å². The summed E-state index contributed by atoms with van der Waals surface area (Å²) in [5.41, 5.74) is 0.829. The van der Waals surface area contributed by atoms with E-state index in [9.17, 15) is 0 Å². The molecule has 2 aromatic heterocycles. The highest BCUT2D eigenvalue weighted by Crippen LogP contribution is 2.26. The molecule has 0 amide bonds. The summed E-state index contributed by atoms with van der Waals surface area (Å²) in [6, 6.07) is 1.68. The fourth-order valence-corrected chi connectivity index (χ4v) is 1.51. The Morgan fingerprint density at radius 1 is 1.29 bits per heavy atom. The van der Waals surface area contributed by atoms with Gasteiger partial charge in [0.1, 0.15) is 17.9 Å². The molecule has 2 aromatic rings. The van der Waals surface area contributed by atoms with Crippen LogP contribution in [-0.4, -0.2) is 22.0 Å². The predicted octanol–water partition coefficient (Wildman–Crippen LogP) is 2.67. The second-order valence-corrected chi connectivity index (χ2v) is 3.78. The van der Waals surface area contributed by atoms with E-state index in [-0.39, 0.29) is 0 Å². The highest BCUT2D eigenvalue weighted by atomic mass is 35.5. The maximum atomic E-state index is 5.82. The maximum absolute atomic E-state index is 5.82. The van der Waals surface area contributed by atoms with Gasteiger partial charge >= 0.3 is 0 Å². The monoisotopic (exact) mass is 250 g/mol. The van der Waals surface area contributed by atoms with Gasteiger partial charge in [-0.05, 0) is 6.92 Å². The van der Waals surface area contributed by atoms with E-state index >= 15 is 0 Å². The van der Waals surface area contributed by atoms with Crippen molar-refractivity contribution in [3.05, 3.63) is 35.4 Å². The number of pyridine rings is 1. The lowest BCUT2D eigenvalue weighted by Gasteiger charge is -2.09. The molecule has 0 radical (unpaired) electrons. The second-order valence-electron chi connectivity index (χ2n) is 3.34. The van der Waals surface area contributed by atoms with Crippen molar-refractivity contribution in [1.29, 1.82) is 0 Å². The van der Waals surface area contributed by atoms with Gasteiger partial charge in [0.05, 0.1) is 16.8 Å². The van der Waals surface area contributed by atoms with Gasteiger partial charge in [0, 0.05) is 19.3 Å². The summed E-state index contributed by atoms with van der Waals surface area (Å²) in [6.07, 6.45) is 4.55. The molecule has 2 heterocycles. The summed E-state index contributed by atoms with van der Waals surface area (Å²) in [4.78, 5) is 12.1. The normalized spacial score (nSPS) is 10.1. The Morgan fingerprint density at radius 2 is 2.12 bits per heavy atom. The largest absolute Gasteiger partial charge is 0.437 e. The molecular formula is C11H11ClN4O. The van der Waals surface area contributed by atoms with Crippen LogP contribution >= 0.6 is 11.6 Å². The lowest BCUT2D eigenvalue weighted by Crippen LogP contribution is -1.99. The molecule has 0 fully saturated rings. The van der Waals surface area contributed by atoms with Crippen LogP contribution in [0.15, 0.2) is 24.8 Å². The van der Waals surface area contributed by atoms with Crippen LogP contribution < -0.4 is 10.1 Å². The number of hydrogen-bond acceptors (Lipinski definition) is 5. The Kier molecular flexibility index (Phi) is 3.39. The first-order valence-corrected chi connectivity index (χ1v) is 5.36. The van der Waals surface area contributed by atoms with Crippen molar-refractivity contribution in [2.45, 2.75) is 6.92 Å². The molecule has 0 aliphatic heterocycles. The zero-order valence-corrected chi connectivity index (χ0v) is 10.2. The molecule has 0 unspecified atom stereocenters. The fourth-order valence-electron chi connectivity index (χ4n) is 1.35. The number of halogens is 1. The van der Waals surface area contributed by atoms with E-state index in [0.717, 1.165) is 11.4 Å². The van der Waals surface area contributed by atoms with Crippen LogP contribution in [0.3, 0.4) is 0 Å². The van der Waals surface area contributed by atoms with Gasteiger partial charge in [-0.1, -0.05) is 11.6 Å². The molecule has 5 nitrogen and oxygen atoms in total. The van der Waals surface area contributed by atoms with Crippen molar-refractivity contribution in [2.24, 2.45) is 0 Å². The van der Waals surface area contributed by atoms with Crippen LogP contribution in [-0.2, 0) is 0 Å². The lowest BCUT2D eigenvalue weighted by molar-refractivity contribution is 0.456. The number of rotatable bonds is 3. The number of hydrogen-bond donors (Lipinski definition) is 1. The van der Waals surface area contributed by atoms with Crippen molar-refractivity contribution in [3.8, 4) is 11.6 Å². The van der Waals surface area contributed by atoms with E-state index in [2.05, 4.69) is 20.3 Å². The van der Waals surface area contributed by atoms with Crippen molar-refractivity contribution >= 4 is 17.4 Å². The molecule has 88 valence electrons. The highest BCUT2D eigenvalue weighted by Gasteiger charge is 2.08. The molecule has 0 aliphatic rings. The van der Waals surface area contributed by atoms with Gasteiger partial charge in [-0.3, -0.25) is 4.98 Å². The third-order valence-electron chi connectivity index (χ3n) is 2.17. The first-order valence-electron chi connectivity index (χ1n) is 4.98. The van der Waals surface area contributed by atoms with Gasteiger partial charge in [0.15, 0.2) is 0 Å². The molecule has 0 atom stereocenters. The lowest BCUT2D eigenvalue weighted by atomic mass is 10.3. The third-order valence-corrected chi connectivity index (χ3v) is 2.38. The summed E-state index contributed by atoms with van der Waals surface area (Å²) in [6.45, 7) is 1.87. The van der Waals surface area contributed by atoms with Crippen molar-refractivity contribution < 1.29 is 4.74 Å². The third kappa shape index (κ3) is 2.62. The standard InChI is InChI=1S/C11H11ClN4O/c1-7-10(13-2)15-6-16-11(7)17-9-3-8(12)4-14-5-9/h3-6H,1-2H3,(H,13,15,16). The van der Waals surface area contributed by atoms with Gasteiger partial charge in [0.2, 0.25) is 5.88 Å². The zero-order chi connectivity index (χ0) is 12.3. The molecule has 2 rings (SSSR count). The number of anilines is 1. The number of nitrogens with zero attached hydrogens (tertiary/aromatic N) is 3. The Morgan fingerprint density at radius 3 is 2.82 bits per heavy atom. The molecular weight excluding hydrogens is 240 g/mol. The molecule has 1 N–H and O–H groups in total. The fraction of sp³-hybridized carbons (Fsp3) is 0.182. The van der Waals surface area contributed by atoms with E-state index in [1.165, 1.54) is 6.33 Å². The first-order chi connectivity index (χ1) is 8.20. The number of ether oxygens (including phenoxy) is 1. The minimum absolute atomic E-state index is 0.480. The highest BCUT2D eigenvalue weighted by molar-refractivity contribution is 6.30. The Balaban J connectivity index is 2.30. The summed E-state index contributed by atoms with van der Waals surface area (Å²) in [7, 11) is 1.79. The molecule has 0 spiro atoms. The minimum atomic E-state index is 0.480. The molecule has 0 saturated heterocycles. The Hall–Kier alpha value is -1.88. The quantitative estimate of drug-likeness (QED) is 0.908. The van der Waals surface area contributed by atoms with Crippen LogP contribution in [0, 0.1) is 6.92 Å². The van der Waals surface area contributed by atoms with Gasteiger partial charge in [-0.25, -0.2) is 9.97 Å². The van der Waals surface area contributed by atoms with E-state index in [1.54, 1.807) is 25.5 Å². The predicted molar refractivity (Wildman–Crippen MR) is 65.6 cm³/mol. The zero-order valence-electron chi connectivity index (χ0n) is 9.44. The van der Waals surface area contributed by atoms with Crippen molar-refractivity contribution in [1.82, 2.24) is 15.0 Å².